The van der Waals surface area contributed by atoms with Crippen LogP contribution in [0.5, 0.6) is 0 Å². The van der Waals surface area contributed by atoms with Crippen LogP contribution < -0.4 is 5.32 Å². The Hall–Kier alpha value is -1.63. The molecule has 2 aliphatic heterocycles. The molecule has 146 valence electrons. The minimum atomic E-state index is 0.285. The van der Waals surface area contributed by atoms with Crippen molar-refractivity contribution in [3.05, 3.63) is 12.2 Å². The van der Waals surface area contributed by atoms with Crippen molar-refractivity contribution in [1.29, 1.82) is 0 Å². The van der Waals surface area contributed by atoms with Crippen LogP contribution in [-0.2, 0) is 17.7 Å². The Morgan fingerprint density at radius 2 is 2.27 bits per heavy atom. The number of guanidine groups is 1. The van der Waals surface area contributed by atoms with Gasteiger partial charge in [0.1, 0.15) is 12.2 Å². The first-order valence-corrected chi connectivity index (χ1v) is 10.3. The Bertz CT molecular complexity index is 566. The number of aliphatic imine (C=N–C) groups is 1. The Morgan fingerprint density at radius 3 is 3.04 bits per heavy atom. The molecule has 2 unspecified atom stereocenters. The van der Waals surface area contributed by atoms with Crippen LogP contribution in [0.25, 0.3) is 0 Å². The fourth-order valence-electron chi connectivity index (χ4n) is 3.82. The van der Waals surface area contributed by atoms with Gasteiger partial charge in [-0.25, -0.2) is 0 Å². The maximum atomic E-state index is 5.86. The molecule has 2 saturated heterocycles. The van der Waals surface area contributed by atoms with E-state index in [1.165, 1.54) is 25.7 Å². The van der Waals surface area contributed by atoms with E-state index in [0.29, 0.717) is 0 Å². The molecule has 7 nitrogen and oxygen atoms in total. The fourth-order valence-corrected chi connectivity index (χ4v) is 3.82. The van der Waals surface area contributed by atoms with Crippen LogP contribution in [0.2, 0.25) is 0 Å². The number of nitrogens with one attached hydrogen (secondary N) is 1. The monoisotopic (exact) mass is 362 g/mol. The van der Waals surface area contributed by atoms with E-state index in [-0.39, 0.29) is 6.10 Å². The summed E-state index contributed by atoms with van der Waals surface area (Å²) in [5.41, 5.74) is 0. The first-order valence-electron chi connectivity index (χ1n) is 10.3. The van der Waals surface area contributed by atoms with Crippen LogP contribution in [0.15, 0.2) is 11.3 Å². The molecule has 1 aromatic heterocycles. The van der Waals surface area contributed by atoms with Gasteiger partial charge in [0.2, 0.25) is 0 Å². The average molecular weight is 363 g/mol. The predicted octanol–water partition coefficient (Wildman–Crippen LogP) is 2.09. The largest absolute Gasteiger partial charge is 0.376 e. The number of hydrogen-bond donors (Lipinski definition) is 1. The van der Waals surface area contributed by atoms with Gasteiger partial charge in [0.25, 0.3) is 0 Å². The molecule has 2 aliphatic rings. The quantitative estimate of drug-likeness (QED) is 0.620. The Labute approximate surface area is 157 Å². The second kappa shape index (κ2) is 9.90. The van der Waals surface area contributed by atoms with Crippen molar-refractivity contribution >= 4 is 5.96 Å². The molecule has 0 radical (unpaired) electrons. The summed E-state index contributed by atoms with van der Waals surface area (Å²) in [7, 11) is 0. The topological polar surface area (TPSA) is 67.6 Å². The molecule has 2 atom stereocenters. The number of likely N-dealkylation sites (tertiary alicyclic amines) is 1. The summed E-state index contributed by atoms with van der Waals surface area (Å²) < 4.78 is 7.98. The zero-order valence-electron chi connectivity index (χ0n) is 16.4. The van der Waals surface area contributed by atoms with Gasteiger partial charge in [0.05, 0.1) is 12.6 Å². The van der Waals surface area contributed by atoms with E-state index in [0.717, 1.165) is 69.9 Å². The van der Waals surface area contributed by atoms with Crippen molar-refractivity contribution < 1.29 is 4.74 Å². The lowest BCUT2D eigenvalue weighted by atomic mass is 10.0. The summed E-state index contributed by atoms with van der Waals surface area (Å²) in [6, 6.07) is 0. The highest BCUT2D eigenvalue weighted by Gasteiger charge is 2.20. The summed E-state index contributed by atoms with van der Waals surface area (Å²) in [6.45, 7) is 9.97. The van der Waals surface area contributed by atoms with Gasteiger partial charge in [-0.05, 0) is 38.0 Å². The summed E-state index contributed by atoms with van der Waals surface area (Å²) in [5.74, 6) is 2.80. The SMILES string of the molecule is CCc1nncn1CCNC(=NCC1CCCCO1)N1CCCC(C)C1. The molecule has 7 heteroatoms. The minimum Gasteiger partial charge on any atom is -0.376 e. The maximum Gasteiger partial charge on any atom is 0.194 e. The first kappa shape index (κ1) is 19.1. The summed E-state index contributed by atoms with van der Waals surface area (Å²) in [6.07, 6.45) is 9.15. The number of hydrogen-bond acceptors (Lipinski definition) is 4. The Balaban J connectivity index is 1.58. The number of aryl methyl sites for hydroxylation is 1. The molecule has 0 saturated carbocycles. The van der Waals surface area contributed by atoms with Crippen molar-refractivity contribution in [2.75, 3.05) is 32.8 Å². The molecule has 0 amide bonds. The van der Waals surface area contributed by atoms with Gasteiger partial charge >= 0.3 is 0 Å². The summed E-state index contributed by atoms with van der Waals surface area (Å²) in [4.78, 5) is 7.35. The number of aromatic nitrogens is 3. The van der Waals surface area contributed by atoms with Gasteiger partial charge in [-0.15, -0.1) is 10.2 Å². The van der Waals surface area contributed by atoms with Crippen LogP contribution >= 0.6 is 0 Å². The van der Waals surface area contributed by atoms with Crippen LogP contribution in [0.1, 0.15) is 51.8 Å². The zero-order chi connectivity index (χ0) is 18.2. The molecular formula is C19H34N6O. The molecule has 2 fully saturated rings. The van der Waals surface area contributed by atoms with Crippen molar-refractivity contribution in [3.63, 3.8) is 0 Å². The average Bonchev–Trinajstić information content (AvgIpc) is 3.13. The molecule has 3 heterocycles. The van der Waals surface area contributed by atoms with Crippen LogP contribution in [-0.4, -0.2) is 64.5 Å². The summed E-state index contributed by atoms with van der Waals surface area (Å²) >= 11 is 0. The maximum absolute atomic E-state index is 5.86. The van der Waals surface area contributed by atoms with Crippen molar-refractivity contribution in [1.82, 2.24) is 25.0 Å². The number of ether oxygens (including phenoxy) is 1. The lowest BCUT2D eigenvalue weighted by molar-refractivity contribution is 0.0222. The second-order valence-corrected chi connectivity index (χ2v) is 7.57. The smallest absolute Gasteiger partial charge is 0.194 e. The van der Waals surface area contributed by atoms with Gasteiger partial charge in [-0.2, -0.15) is 0 Å². The van der Waals surface area contributed by atoms with E-state index < -0.39 is 0 Å². The molecule has 0 bridgehead atoms. The highest BCUT2D eigenvalue weighted by molar-refractivity contribution is 5.80. The number of nitrogens with zero attached hydrogens (tertiary/aromatic N) is 5. The molecule has 26 heavy (non-hydrogen) atoms. The van der Waals surface area contributed by atoms with Crippen LogP contribution in [0.3, 0.4) is 0 Å². The Morgan fingerprint density at radius 1 is 1.35 bits per heavy atom. The van der Waals surface area contributed by atoms with Crippen LogP contribution in [0, 0.1) is 5.92 Å². The lowest BCUT2D eigenvalue weighted by Crippen LogP contribution is -2.47. The van der Waals surface area contributed by atoms with Crippen LogP contribution in [0.4, 0.5) is 0 Å². The predicted molar refractivity (Wildman–Crippen MR) is 103 cm³/mol. The van der Waals surface area contributed by atoms with Gasteiger partial charge < -0.3 is 19.5 Å². The molecule has 1 aromatic rings. The molecule has 1 N–H and O–H groups in total. The first-order chi connectivity index (χ1) is 12.8. The van der Waals surface area contributed by atoms with E-state index in [1.807, 2.05) is 6.33 Å². The normalized spacial score (nSPS) is 24.7. The van der Waals surface area contributed by atoms with E-state index in [1.54, 1.807) is 0 Å². The van der Waals surface area contributed by atoms with E-state index >= 15 is 0 Å². The molecule has 0 spiro atoms. The third-order valence-electron chi connectivity index (χ3n) is 5.32. The van der Waals surface area contributed by atoms with Gasteiger partial charge in [0.15, 0.2) is 5.96 Å². The third-order valence-corrected chi connectivity index (χ3v) is 5.32. The van der Waals surface area contributed by atoms with E-state index in [9.17, 15) is 0 Å². The number of rotatable bonds is 6. The second-order valence-electron chi connectivity index (χ2n) is 7.57. The zero-order valence-corrected chi connectivity index (χ0v) is 16.4. The van der Waals surface area contributed by atoms with Gasteiger partial charge in [-0.3, -0.25) is 4.99 Å². The van der Waals surface area contributed by atoms with Gasteiger partial charge in [-0.1, -0.05) is 13.8 Å². The standard InChI is InChI=1S/C19H34N6O/c1-3-18-23-22-15-25(18)11-9-20-19(24-10-6-7-16(2)14-24)21-13-17-8-4-5-12-26-17/h15-17H,3-14H2,1-2H3,(H,20,21). The fraction of sp³-hybridized carbons (Fsp3) is 0.842. The lowest BCUT2D eigenvalue weighted by Gasteiger charge is -2.34. The van der Waals surface area contributed by atoms with E-state index in [4.69, 9.17) is 9.73 Å². The molecular weight excluding hydrogens is 328 g/mol. The summed E-state index contributed by atoms with van der Waals surface area (Å²) in [5, 5.41) is 11.8. The highest BCUT2D eigenvalue weighted by Crippen LogP contribution is 2.16. The molecule has 3 rings (SSSR count). The van der Waals surface area contributed by atoms with Crippen molar-refractivity contribution in [2.45, 2.75) is 65.0 Å². The van der Waals surface area contributed by atoms with E-state index in [2.05, 4.69) is 38.8 Å². The Kier molecular flexibility index (Phi) is 7.29. The third kappa shape index (κ3) is 5.43. The highest BCUT2D eigenvalue weighted by atomic mass is 16.5. The van der Waals surface area contributed by atoms with Gasteiger partial charge in [0, 0.05) is 39.2 Å². The molecule has 0 aliphatic carbocycles. The van der Waals surface area contributed by atoms with Crippen molar-refractivity contribution in [3.8, 4) is 0 Å². The van der Waals surface area contributed by atoms with Crippen molar-refractivity contribution in [2.24, 2.45) is 10.9 Å². The minimum absolute atomic E-state index is 0.285. The molecule has 0 aromatic carbocycles. The number of piperidine rings is 1.